The summed E-state index contributed by atoms with van der Waals surface area (Å²) in [7, 11) is 0. The molecule has 11 rings (SSSR count). The molecule has 0 atom stereocenters. The van der Waals surface area contributed by atoms with E-state index in [1.807, 2.05) is 0 Å². The van der Waals surface area contributed by atoms with E-state index in [2.05, 4.69) is 193 Å². The molecule has 0 radical (unpaired) electrons. The lowest BCUT2D eigenvalue weighted by Gasteiger charge is -2.12. The van der Waals surface area contributed by atoms with Gasteiger partial charge < -0.3 is 13.6 Å². The molecule has 0 spiro atoms. The first kappa shape index (κ1) is 35.3. The van der Waals surface area contributed by atoms with Crippen LogP contribution in [-0.4, -0.2) is 9.13 Å². The summed E-state index contributed by atoms with van der Waals surface area (Å²) in [5.41, 5.74) is 16.8. The summed E-state index contributed by atoms with van der Waals surface area (Å²) < 4.78 is 11.4. The number of para-hydroxylation sites is 3. The summed E-state index contributed by atoms with van der Waals surface area (Å²) in [6.07, 6.45) is 6.84. The van der Waals surface area contributed by atoms with Crippen LogP contribution in [0.1, 0.15) is 50.7 Å². The summed E-state index contributed by atoms with van der Waals surface area (Å²) >= 11 is 0. The van der Waals surface area contributed by atoms with Crippen molar-refractivity contribution in [1.82, 2.24) is 9.13 Å². The van der Waals surface area contributed by atoms with Crippen LogP contribution >= 0.6 is 0 Å². The third-order valence-corrected chi connectivity index (χ3v) is 12.5. The molecule has 3 aromatic heterocycles. The molecule has 3 heteroatoms. The fourth-order valence-electron chi connectivity index (χ4n) is 9.57. The Morgan fingerprint density at radius 1 is 0.424 bits per heavy atom. The predicted molar refractivity (Wildman–Crippen MR) is 250 cm³/mol. The van der Waals surface area contributed by atoms with Gasteiger partial charge in [0.15, 0.2) is 0 Å². The number of furan rings is 1. The van der Waals surface area contributed by atoms with Crippen LogP contribution in [0.5, 0.6) is 0 Å². The fourth-order valence-corrected chi connectivity index (χ4v) is 9.57. The second-order valence-electron chi connectivity index (χ2n) is 16.2. The van der Waals surface area contributed by atoms with Gasteiger partial charge in [-0.3, -0.25) is 0 Å². The predicted octanol–water partition coefficient (Wildman–Crippen LogP) is 15.8. The van der Waals surface area contributed by atoms with E-state index in [4.69, 9.17) is 4.42 Å². The highest BCUT2D eigenvalue weighted by atomic mass is 16.3. The number of hydrogen-bond donors (Lipinski definition) is 0. The molecule has 0 aliphatic carbocycles. The van der Waals surface area contributed by atoms with Crippen molar-refractivity contribution in [3.63, 3.8) is 0 Å². The molecule has 0 unspecified atom stereocenters. The molecule has 0 saturated carbocycles. The van der Waals surface area contributed by atoms with Crippen molar-refractivity contribution in [2.24, 2.45) is 0 Å². The average molecular weight is 763 g/mol. The standard InChI is InChI=1S/C56H46N2O/c1-3-5-14-37-15-13-17-43(34-37)58-51-22-11-8-19-46(51)49-36-41(28-33-53(49)58)40-27-32-52-48(35-40)45-18-7-10-21-50(45)57(52)42-29-24-38(25-30-42)44-31-26-39(16-6-4-2)56-55(44)47-20-9-12-23-54(47)59-56/h7-13,15,17-36H,3-6,14,16H2,1-2H3. The van der Waals surface area contributed by atoms with E-state index in [0.717, 1.165) is 42.5 Å². The van der Waals surface area contributed by atoms with Crippen LogP contribution in [0.4, 0.5) is 0 Å². The van der Waals surface area contributed by atoms with Gasteiger partial charge in [0.2, 0.25) is 0 Å². The zero-order valence-corrected chi connectivity index (χ0v) is 33.7. The Balaban J connectivity index is 1.000. The van der Waals surface area contributed by atoms with Gasteiger partial charge in [0.05, 0.1) is 22.1 Å². The Morgan fingerprint density at radius 3 is 1.68 bits per heavy atom. The van der Waals surface area contributed by atoms with Crippen LogP contribution in [0.2, 0.25) is 0 Å². The van der Waals surface area contributed by atoms with Gasteiger partial charge in [-0.05, 0) is 126 Å². The number of fused-ring (bicyclic) bond motifs is 9. The molecule has 59 heavy (non-hydrogen) atoms. The topological polar surface area (TPSA) is 23.0 Å². The van der Waals surface area contributed by atoms with Crippen molar-refractivity contribution < 1.29 is 4.42 Å². The van der Waals surface area contributed by atoms with E-state index in [-0.39, 0.29) is 0 Å². The Morgan fingerprint density at radius 2 is 1.00 bits per heavy atom. The van der Waals surface area contributed by atoms with Crippen molar-refractivity contribution in [2.45, 2.75) is 52.4 Å². The summed E-state index contributed by atoms with van der Waals surface area (Å²) in [6, 6.07) is 62.9. The largest absolute Gasteiger partial charge is 0.456 e. The molecular formula is C56H46N2O. The quantitative estimate of drug-likeness (QED) is 0.136. The first-order valence-corrected chi connectivity index (χ1v) is 21.4. The van der Waals surface area contributed by atoms with E-state index in [1.54, 1.807) is 0 Å². The van der Waals surface area contributed by atoms with Crippen molar-refractivity contribution in [2.75, 3.05) is 0 Å². The highest BCUT2D eigenvalue weighted by Crippen LogP contribution is 2.41. The lowest BCUT2D eigenvalue weighted by atomic mass is 9.95. The lowest BCUT2D eigenvalue weighted by molar-refractivity contribution is 0.658. The Labute approximate surface area is 344 Å². The monoisotopic (exact) mass is 762 g/mol. The smallest absolute Gasteiger partial charge is 0.139 e. The van der Waals surface area contributed by atoms with E-state index in [1.165, 1.54) is 106 Å². The average Bonchev–Trinajstić information content (AvgIpc) is 3.96. The molecule has 0 N–H and O–H groups in total. The van der Waals surface area contributed by atoms with Crippen LogP contribution in [0.15, 0.2) is 174 Å². The molecule has 0 amide bonds. The van der Waals surface area contributed by atoms with E-state index in [0.29, 0.717) is 0 Å². The lowest BCUT2D eigenvalue weighted by Crippen LogP contribution is -1.95. The maximum absolute atomic E-state index is 6.53. The normalized spacial score (nSPS) is 12.0. The summed E-state index contributed by atoms with van der Waals surface area (Å²) in [5.74, 6) is 0. The Bertz CT molecular complexity index is 3350. The molecule has 0 fully saturated rings. The van der Waals surface area contributed by atoms with Gasteiger partial charge in [-0.25, -0.2) is 0 Å². The van der Waals surface area contributed by atoms with Crippen molar-refractivity contribution in [3.8, 4) is 33.6 Å². The van der Waals surface area contributed by atoms with Gasteiger partial charge in [-0.1, -0.05) is 130 Å². The summed E-state index contributed by atoms with van der Waals surface area (Å²) in [6.45, 7) is 4.51. The second-order valence-corrected chi connectivity index (χ2v) is 16.2. The minimum atomic E-state index is 0.948. The fraction of sp³-hybridized carbons (Fsp3) is 0.143. The molecule has 3 nitrogen and oxygen atoms in total. The number of benzene rings is 8. The zero-order chi connectivity index (χ0) is 39.5. The zero-order valence-electron chi connectivity index (χ0n) is 33.7. The number of aromatic nitrogens is 2. The molecule has 8 aromatic carbocycles. The Kier molecular flexibility index (Phi) is 8.69. The van der Waals surface area contributed by atoms with Gasteiger partial charge in [-0.2, -0.15) is 0 Å². The molecule has 0 saturated heterocycles. The number of nitrogens with zero attached hydrogens (tertiary/aromatic N) is 2. The van der Waals surface area contributed by atoms with Gasteiger partial charge >= 0.3 is 0 Å². The maximum atomic E-state index is 6.53. The second kappa shape index (κ2) is 14.5. The SMILES string of the molecule is CCCCc1cccc(-n2c3ccccc3c3cc(-c4ccc5c(c4)c4ccccc4n5-c4ccc(-c5ccc(CCCC)c6oc7ccccc7c56)cc4)ccc32)c1. The van der Waals surface area contributed by atoms with Crippen LogP contribution in [0, 0.1) is 0 Å². The maximum Gasteiger partial charge on any atom is 0.139 e. The first-order chi connectivity index (χ1) is 29.2. The number of unbranched alkanes of at least 4 members (excludes halogenated alkanes) is 2. The third kappa shape index (κ3) is 5.87. The van der Waals surface area contributed by atoms with Gasteiger partial charge in [-0.15, -0.1) is 0 Å². The van der Waals surface area contributed by atoms with E-state index in [9.17, 15) is 0 Å². The van der Waals surface area contributed by atoms with Gasteiger partial charge in [0, 0.05) is 43.7 Å². The van der Waals surface area contributed by atoms with Crippen molar-refractivity contribution in [1.29, 1.82) is 0 Å². The molecule has 0 bridgehead atoms. The minimum absolute atomic E-state index is 0.948. The molecular weight excluding hydrogens is 717 g/mol. The molecule has 0 aliphatic heterocycles. The molecule has 0 aliphatic rings. The first-order valence-electron chi connectivity index (χ1n) is 21.4. The van der Waals surface area contributed by atoms with Crippen LogP contribution in [0.3, 0.4) is 0 Å². The number of hydrogen-bond acceptors (Lipinski definition) is 1. The van der Waals surface area contributed by atoms with E-state index >= 15 is 0 Å². The summed E-state index contributed by atoms with van der Waals surface area (Å²) in [5, 5.41) is 7.45. The molecule has 286 valence electrons. The van der Waals surface area contributed by atoms with Crippen molar-refractivity contribution in [3.05, 3.63) is 181 Å². The number of aryl methyl sites for hydroxylation is 2. The molecule has 11 aromatic rings. The highest BCUT2D eigenvalue weighted by molar-refractivity contribution is 6.14. The Hall–Kier alpha value is -6.84. The molecule has 3 heterocycles. The van der Waals surface area contributed by atoms with Gasteiger partial charge in [0.25, 0.3) is 0 Å². The van der Waals surface area contributed by atoms with Gasteiger partial charge in [0.1, 0.15) is 11.2 Å². The van der Waals surface area contributed by atoms with Crippen LogP contribution in [0.25, 0.3) is 99.2 Å². The van der Waals surface area contributed by atoms with Crippen LogP contribution in [-0.2, 0) is 12.8 Å². The summed E-state index contributed by atoms with van der Waals surface area (Å²) in [4.78, 5) is 0. The highest BCUT2D eigenvalue weighted by Gasteiger charge is 2.19. The minimum Gasteiger partial charge on any atom is -0.456 e. The number of rotatable bonds is 10. The third-order valence-electron chi connectivity index (χ3n) is 12.5. The van der Waals surface area contributed by atoms with Crippen LogP contribution < -0.4 is 0 Å². The van der Waals surface area contributed by atoms with E-state index < -0.39 is 0 Å². The van der Waals surface area contributed by atoms with Crippen molar-refractivity contribution >= 4 is 65.6 Å².